The maximum Gasteiger partial charge on any atom is 0.351 e. The zero-order chi connectivity index (χ0) is 20.8. The van der Waals surface area contributed by atoms with Crippen LogP contribution in [0.3, 0.4) is 0 Å². The third-order valence-corrected chi connectivity index (χ3v) is 5.44. The number of hydrogen-bond donors (Lipinski definition) is 0. The minimum atomic E-state index is -0.576. The molecule has 0 saturated heterocycles. The van der Waals surface area contributed by atoms with Gasteiger partial charge in [0.05, 0.1) is 17.9 Å². The molecule has 1 unspecified atom stereocenters. The summed E-state index contributed by atoms with van der Waals surface area (Å²) in [6.07, 6.45) is 3.18. The summed E-state index contributed by atoms with van der Waals surface area (Å²) in [5.74, 6) is 0.658. The van der Waals surface area contributed by atoms with Crippen LogP contribution in [0.2, 0.25) is 0 Å². The van der Waals surface area contributed by atoms with Crippen LogP contribution in [-0.4, -0.2) is 24.1 Å². The monoisotopic (exact) mass is 405 g/mol. The summed E-state index contributed by atoms with van der Waals surface area (Å²) < 4.78 is 24.9. The van der Waals surface area contributed by atoms with E-state index in [0.717, 1.165) is 17.5 Å². The second kappa shape index (κ2) is 6.98. The van der Waals surface area contributed by atoms with Crippen molar-refractivity contribution in [3.8, 4) is 17.3 Å². The Bertz CT molecular complexity index is 1270. The van der Waals surface area contributed by atoms with Crippen LogP contribution in [0.1, 0.15) is 29.4 Å². The molecular weight excluding hydrogens is 385 g/mol. The van der Waals surface area contributed by atoms with Crippen molar-refractivity contribution in [2.75, 3.05) is 0 Å². The number of benzene rings is 2. The van der Waals surface area contributed by atoms with E-state index >= 15 is 0 Å². The summed E-state index contributed by atoms with van der Waals surface area (Å²) in [5.41, 5.74) is 1.96. The van der Waals surface area contributed by atoms with Crippen LogP contribution in [0, 0.1) is 12.7 Å². The van der Waals surface area contributed by atoms with E-state index in [4.69, 9.17) is 4.74 Å². The van der Waals surface area contributed by atoms with Gasteiger partial charge < -0.3 is 4.74 Å². The van der Waals surface area contributed by atoms with Crippen molar-refractivity contribution >= 4 is 0 Å². The van der Waals surface area contributed by atoms with Gasteiger partial charge >= 0.3 is 5.69 Å². The second-order valence-electron chi connectivity index (χ2n) is 7.42. The van der Waals surface area contributed by atoms with E-state index in [9.17, 15) is 9.18 Å². The summed E-state index contributed by atoms with van der Waals surface area (Å²) in [5, 5.41) is 8.55. The first-order valence-electron chi connectivity index (χ1n) is 9.74. The lowest BCUT2D eigenvalue weighted by Crippen LogP contribution is -2.26. The molecule has 30 heavy (non-hydrogen) atoms. The Morgan fingerprint density at radius 2 is 1.97 bits per heavy atom. The van der Waals surface area contributed by atoms with Gasteiger partial charge in [0, 0.05) is 25.1 Å². The van der Waals surface area contributed by atoms with Crippen LogP contribution in [0.4, 0.5) is 4.39 Å². The quantitative estimate of drug-likeness (QED) is 0.521. The summed E-state index contributed by atoms with van der Waals surface area (Å²) in [7, 11) is 1.73. The fourth-order valence-corrected chi connectivity index (χ4v) is 3.95. The van der Waals surface area contributed by atoms with Crippen LogP contribution in [0.25, 0.3) is 5.69 Å². The minimum Gasteiger partial charge on any atom is -0.436 e. The second-order valence-corrected chi connectivity index (χ2v) is 7.42. The standard InChI is InChI=1S/C22H20FN5O2/c1-14-13-24-26(2)21(14)30-19-10-8-16(12-17(19)23)28-22(29)27-18(9-11-20(27)25-28)15-6-4-3-5-7-15/h3-8,10,12-13,18H,9,11H2,1-2H3. The van der Waals surface area contributed by atoms with Gasteiger partial charge in [-0.3, -0.25) is 4.57 Å². The van der Waals surface area contributed by atoms with E-state index < -0.39 is 5.82 Å². The Labute approximate surface area is 172 Å². The SMILES string of the molecule is Cc1cnn(C)c1Oc1ccc(-n2nc3n(c2=O)C(c2ccccc2)CC3)cc1F. The predicted octanol–water partition coefficient (Wildman–Crippen LogP) is 3.54. The Kier molecular flexibility index (Phi) is 4.27. The normalized spacial score (nSPS) is 15.4. The molecule has 2 aromatic heterocycles. The highest BCUT2D eigenvalue weighted by atomic mass is 19.1. The van der Waals surface area contributed by atoms with Crippen molar-refractivity contribution in [3.63, 3.8) is 0 Å². The van der Waals surface area contributed by atoms with Gasteiger partial charge in [0.25, 0.3) is 0 Å². The van der Waals surface area contributed by atoms with Crippen LogP contribution in [0.15, 0.2) is 59.5 Å². The number of ether oxygens (including phenoxy) is 1. The number of rotatable bonds is 4. The molecule has 1 atom stereocenters. The minimum absolute atomic E-state index is 0.0530. The summed E-state index contributed by atoms with van der Waals surface area (Å²) in [4.78, 5) is 13.1. The molecule has 1 aliphatic rings. The molecule has 0 saturated carbocycles. The summed E-state index contributed by atoms with van der Waals surface area (Å²) in [6.45, 7) is 1.84. The van der Waals surface area contributed by atoms with Crippen molar-refractivity contribution in [3.05, 3.63) is 88.0 Å². The first-order valence-corrected chi connectivity index (χ1v) is 9.74. The van der Waals surface area contributed by atoms with Gasteiger partial charge in [0.15, 0.2) is 11.6 Å². The number of halogens is 1. The third kappa shape index (κ3) is 2.92. The smallest absolute Gasteiger partial charge is 0.351 e. The Balaban J connectivity index is 1.49. The maximum absolute atomic E-state index is 14.8. The lowest BCUT2D eigenvalue weighted by Gasteiger charge is -2.12. The predicted molar refractivity (Wildman–Crippen MR) is 109 cm³/mol. The van der Waals surface area contributed by atoms with Crippen molar-refractivity contribution in [1.29, 1.82) is 0 Å². The van der Waals surface area contributed by atoms with Gasteiger partial charge in [-0.1, -0.05) is 30.3 Å². The lowest BCUT2D eigenvalue weighted by atomic mass is 10.1. The van der Waals surface area contributed by atoms with Gasteiger partial charge in [-0.15, -0.1) is 5.10 Å². The molecule has 5 rings (SSSR count). The topological polar surface area (TPSA) is 66.9 Å². The van der Waals surface area contributed by atoms with Crippen molar-refractivity contribution in [2.45, 2.75) is 25.8 Å². The highest BCUT2D eigenvalue weighted by molar-refractivity contribution is 5.40. The number of nitrogens with zero attached hydrogens (tertiary/aromatic N) is 5. The molecule has 3 heterocycles. The van der Waals surface area contributed by atoms with Crippen LogP contribution >= 0.6 is 0 Å². The third-order valence-electron chi connectivity index (χ3n) is 5.44. The molecular formula is C22H20FN5O2. The van der Waals surface area contributed by atoms with Gasteiger partial charge in [-0.05, 0) is 31.0 Å². The van der Waals surface area contributed by atoms with Crippen LogP contribution in [0.5, 0.6) is 11.6 Å². The zero-order valence-corrected chi connectivity index (χ0v) is 16.6. The van der Waals surface area contributed by atoms with E-state index in [1.807, 2.05) is 37.3 Å². The molecule has 8 heteroatoms. The molecule has 4 aromatic rings. The molecule has 1 aliphatic heterocycles. The van der Waals surface area contributed by atoms with Gasteiger partial charge in [-0.25, -0.2) is 13.9 Å². The fourth-order valence-electron chi connectivity index (χ4n) is 3.95. The van der Waals surface area contributed by atoms with Crippen molar-refractivity contribution < 1.29 is 9.13 Å². The largest absolute Gasteiger partial charge is 0.436 e. The average Bonchev–Trinajstić information content (AvgIpc) is 3.41. The highest BCUT2D eigenvalue weighted by Crippen LogP contribution is 2.30. The lowest BCUT2D eigenvalue weighted by molar-refractivity contribution is 0.401. The molecule has 0 aliphatic carbocycles. The van der Waals surface area contributed by atoms with E-state index in [1.165, 1.54) is 21.5 Å². The number of fused-ring (bicyclic) bond motifs is 1. The Morgan fingerprint density at radius 1 is 1.17 bits per heavy atom. The molecule has 0 bridgehead atoms. The molecule has 2 aromatic carbocycles. The molecule has 0 radical (unpaired) electrons. The molecule has 152 valence electrons. The maximum atomic E-state index is 14.8. The first kappa shape index (κ1) is 18.4. The molecule has 0 spiro atoms. The summed E-state index contributed by atoms with van der Waals surface area (Å²) in [6, 6.07) is 14.2. The van der Waals surface area contributed by atoms with Crippen LogP contribution < -0.4 is 10.4 Å². The highest BCUT2D eigenvalue weighted by Gasteiger charge is 2.29. The first-order chi connectivity index (χ1) is 14.5. The molecule has 0 fully saturated rings. The Hall–Kier alpha value is -3.68. The number of aryl methyl sites for hydroxylation is 3. The number of aromatic nitrogens is 5. The fraction of sp³-hybridized carbons (Fsp3) is 0.227. The number of hydrogen-bond acceptors (Lipinski definition) is 4. The van der Waals surface area contributed by atoms with Gasteiger partial charge in [0.2, 0.25) is 5.88 Å². The van der Waals surface area contributed by atoms with Gasteiger partial charge in [-0.2, -0.15) is 9.78 Å². The van der Waals surface area contributed by atoms with E-state index in [0.29, 0.717) is 23.8 Å². The molecule has 0 amide bonds. The van der Waals surface area contributed by atoms with Gasteiger partial charge in [0.1, 0.15) is 5.82 Å². The Morgan fingerprint density at radius 3 is 2.67 bits per heavy atom. The molecule has 7 nitrogen and oxygen atoms in total. The van der Waals surface area contributed by atoms with E-state index in [2.05, 4.69) is 10.2 Å². The van der Waals surface area contributed by atoms with E-state index in [-0.39, 0.29) is 17.5 Å². The van der Waals surface area contributed by atoms with Crippen molar-refractivity contribution in [2.24, 2.45) is 7.05 Å². The van der Waals surface area contributed by atoms with Crippen molar-refractivity contribution in [1.82, 2.24) is 24.1 Å². The van der Waals surface area contributed by atoms with Crippen LogP contribution in [-0.2, 0) is 13.5 Å². The molecule has 0 N–H and O–H groups in total. The summed E-state index contributed by atoms with van der Waals surface area (Å²) >= 11 is 0. The van der Waals surface area contributed by atoms with E-state index in [1.54, 1.807) is 23.9 Å². The zero-order valence-electron chi connectivity index (χ0n) is 16.6. The average molecular weight is 405 g/mol.